The van der Waals surface area contributed by atoms with Gasteiger partial charge in [0.1, 0.15) is 5.82 Å². The zero-order valence-corrected chi connectivity index (χ0v) is 10.2. The van der Waals surface area contributed by atoms with Gasteiger partial charge in [-0.25, -0.2) is 15.0 Å². The van der Waals surface area contributed by atoms with Crippen molar-refractivity contribution in [2.75, 3.05) is 0 Å². The van der Waals surface area contributed by atoms with E-state index in [4.69, 9.17) is 0 Å². The van der Waals surface area contributed by atoms with Gasteiger partial charge in [-0.1, -0.05) is 0 Å². The summed E-state index contributed by atoms with van der Waals surface area (Å²) in [5.74, 6) is 0.808. The topological polar surface area (TPSA) is 55.6 Å². The van der Waals surface area contributed by atoms with Gasteiger partial charge in [-0.3, -0.25) is 0 Å². The summed E-state index contributed by atoms with van der Waals surface area (Å²) in [5, 5.41) is 3.35. The lowest BCUT2D eigenvalue weighted by atomic mass is 10.3. The zero-order valence-electron chi connectivity index (χ0n) is 10.2. The molecule has 0 aliphatic heterocycles. The number of hydrogen-bond acceptors (Lipinski definition) is 4. The molecule has 1 N–H and O–H groups in total. The minimum Gasteiger partial charge on any atom is -0.334 e. The van der Waals surface area contributed by atoms with Crippen molar-refractivity contribution in [2.24, 2.45) is 0 Å². The lowest BCUT2D eigenvalue weighted by molar-refractivity contribution is 0.620. The number of hydrogen-bond donors (Lipinski definition) is 1. The molecule has 2 aromatic rings. The minimum absolute atomic E-state index is 0.748. The van der Waals surface area contributed by atoms with Crippen LogP contribution in [0.4, 0.5) is 0 Å². The number of nitrogens with one attached hydrogen (secondary N) is 1. The molecular weight excluding hydrogens is 214 g/mol. The summed E-state index contributed by atoms with van der Waals surface area (Å²) in [7, 11) is 0. The molecule has 0 radical (unpaired) electrons. The molecule has 5 heteroatoms. The second kappa shape index (κ2) is 5.54. The number of rotatable bonds is 5. The minimum atomic E-state index is 0.748. The van der Waals surface area contributed by atoms with Crippen LogP contribution in [0, 0.1) is 6.92 Å². The maximum absolute atomic E-state index is 4.34. The molecule has 0 aliphatic carbocycles. The van der Waals surface area contributed by atoms with Crippen molar-refractivity contribution in [3.05, 3.63) is 42.0 Å². The Morgan fingerprint density at radius 3 is 3.00 bits per heavy atom. The van der Waals surface area contributed by atoms with Crippen molar-refractivity contribution in [2.45, 2.75) is 33.5 Å². The molecule has 0 saturated carbocycles. The Labute approximate surface area is 101 Å². The van der Waals surface area contributed by atoms with Gasteiger partial charge < -0.3 is 9.88 Å². The van der Waals surface area contributed by atoms with Crippen LogP contribution < -0.4 is 5.32 Å². The largest absolute Gasteiger partial charge is 0.334 e. The van der Waals surface area contributed by atoms with Gasteiger partial charge in [0.2, 0.25) is 0 Å². The van der Waals surface area contributed by atoms with Gasteiger partial charge >= 0.3 is 0 Å². The number of nitrogens with zero attached hydrogens (tertiary/aromatic N) is 4. The fraction of sp³-hybridized carbons (Fsp3) is 0.417. The Morgan fingerprint density at radius 1 is 1.35 bits per heavy atom. The van der Waals surface area contributed by atoms with Crippen LogP contribution in [0.2, 0.25) is 0 Å². The van der Waals surface area contributed by atoms with E-state index in [2.05, 4.69) is 31.8 Å². The first kappa shape index (κ1) is 11.7. The molecule has 0 fully saturated rings. The van der Waals surface area contributed by atoms with Crippen LogP contribution in [0.5, 0.6) is 0 Å². The molecule has 0 unspecified atom stereocenters. The quantitative estimate of drug-likeness (QED) is 0.842. The molecule has 0 amide bonds. The third-order valence-corrected chi connectivity index (χ3v) is 2.59. The average Bonchev–Trinajstić information content (AvgIpc) is 2.77. The summed E-state index contributed by atoms with van der Waals surface area (Å²) < 4.78 is 2.12. The van der Waals surface area contributed by atoms with E-state index in [-0.39, 0.29) is 0 Å². The fourth-order valence-corrected chi connectivity index (χ4v) is 1.70. The molecular formula is C12H17N5. The van der Waals surface area contributed by atoms with E-state index >= 15 is 0 Å². The Balaban J connectivity index is 1.87. The molecule has 0 aromatic carbocycles. The first-order valence-electron chi connectivity index (χ1n) is 5.78. The van der Waals surface area contributed by atoms with E-state index in [0.29, 0.717) is 0 Å². The highest BCUT2D eigenvalue weighted by atomic mass is 15.1. The number of aryl methyl sites for hydroxylation is 2. The molecule has 90 valence electrons. The third-order valence-electron chi connectivity index (χ3n) is 2.59. The molecule has 2 aromatic heterocycles. The number of imidazole rings is 1. The molecule has 0 saturated heterocycles. The van der Waals surface area contributed by atoms with Crippen LogP contribution >= 0.6 is 0 Å². The first-order chi connectivity index (χ1) is 8.29. The van der Waals surface area contributed by atoms with Gasteiger partial charge in [0.05, 0.1) is 17.7 Å². The van der Waals surface area contributed by atoms with Gasteiger partial charge in [-0.2, -0.15) is 0 Å². The van der Waals surface area contributed by atoms with Gasteiger partial charge in [0.15, 0.2) is 0 Å². The average molecular weight is 231 g/mol. The highest BCUT2D eigenvalue weighted by Gasteiger charge is 2.00. The first-order valence-corrected chi connectivity index (χ1v) is 5.78. The summed E-state index contributed by atoms with van der Waals surface area (Å²) in [4.78, 5) is 12.5. The predicted molar refractivity (Wildman–Crippen MR) is 65.2 cm³/mol. The molecule has 0 bridgehead atoms. The van der Waals surface area contributed by atoms with Crippen molar-refractivity contribution < 1.29 is 0 Å². The van der Waals surface area contributed by atoms with Crippen molar-refractivity contribution in [3.63, 3.8) is 0 Å². The van der Waals surface area contributed by atoms with Gasteiger partial charge in [0.25, 0.3) is 0 Å². The Morgan fingerprint density at radius 2 is 2.24 bits per heavy atom. The number of aromatic nitrogens is 4. The maximum Gasteiger partial charge on any atom is 0.125 e. The molecule has 2 heterocycles. The van der Waals surface area contributed by atoms with E-state index in [9.17, 15) is 0 Å². The summed E-state index contributed by atoms with van der Waals surface area (Å²) in [6.07, 6.45) is 5.53. The molecule has 0 spiro atoms. The predicted octanol–water partition coefficient (Wildman–Crippen LogP) is 1.29. The van der Waals surface area contributed by atoms with Gasteiger partial charge in [0, 0.05) is 32.0 Å². The van der Waals surface area contributed by atoms with E-state index in [1.807, 2.05) is 25.5 Å². The molecule has 5 nitrogen and oxygen atoms in total. The standard InChI is InChI=1S/C12H17N5/c1-3-17-9-14-8-12(17)7-13-6-11-4-5-15-10(2)16-11/h4-5,8-9,13H,3,6-7H2,1-2H3. The molecule has 2 rings (SSSR count). The lowest BCUT2D eigenvalue weighted by Crippen LogP contribution is -2.16. The van der Waals surface area contributed by atoms with Crippen molar-refractivity contribution in [1.29, 1.82) is 0 Å². The van der Waals surface area contributed by atoms with Crippen LogP contribution in [0.25, 0.3) is 0 Å². The Kier molecular flexibility index (Phi) is 3.82. The fourth-order valence-electron chi connectivity index (χ4n) is 1.70. The normalized spacial score (nSPS) is 10.7. The zero-order chi connectivity index (χ0) is 12.1. The molecule has 0 atom stereocenters. The maximum atomic E-state index is 4.34. The third kappa shape index (κ3) is 3.10. The second-order valence-corrected chi connectivity index (χ2v) is 3.87. The smallest absolute Gasteiger partial charge is 0.125 e. The van der Waals surface area contributed by atoms with Gasteiger partial charge in [-0.15, -0.1) is 0 Å². The highest BCUT2D eigenvalue weighted by molar-refractivity contribution is 5.02. The van der Waals surface area contributed by atoms with E-state index < -0.39 is 0 Å². The Hall–Kier alpha value is -1.75. The summed E-state index contributed by atoms with van der Waals surface area (Å²) in [5.41, 5.74) is 2.21. The Bertz CT molecular complexity index is 477. The van der Waals surface area contributed by atoms with Crippen LogP contribution in [0.3, 0.4) is 0 Å². The molecule has 17 heavy (non-hydrogen) atoms. The second-order valence-electron chi connectivity index (χ2n) is 3.87. The van der Waals surface area contributed by atoms with Crippen LogP contribution in [-0.4, -0.2) is 19.5 Å². The van der Waals surface area contributed by atoms with Crippen molar-refractivity contribution in [1.82, 2.24) is 24.8 Å². The van der Waals surface area contributed by atoms with Crippen molar-refractivity contribution in [3.8, 4) is 0 Å². The van der Waals surface area contributed by atoms with Crippen molar-refractivity contribution >= 4 is 0 Å². The van der Waals surface area contributed by atoms with Crippen LogP contribution in [0.1, 0.15) is 24.1 Å². The summed E-state index contributed by atoms with van der Waals surface area (Å²) in [6, 6.07) is 1.93. The highest BCUT2D eigenvalue weighted by Crippen LogP contribution is 2.00. The SMILES string of the molecule is CCn1cncc1CNCc1ccnc(C)n1. The lowest BCUT2D eigenvalue weighted by Gasteiger charge is -2.06. The summed E-state index contributed by atoms with van der Waals surface area (Å²) in [6.45, 7) is 6.51. The van der Waals surface area contributed by atoms with E-state index in [1.54, 1.807) is 6.20 Å². The van der Waals surface area contributed by atoms with Crippen LogP contribution in [0.15, 0.2) is 24.8 Å². The summed E-state index contributed by atoms with van der Waals surface area (Å²) >= 11 is 0. The monoisotopic (exact) mass is 231 g/mol. The molecule has 0 aliphatic rings. The van der Waals surface area contributed by atoms with Crippen LogP contribution in [-0.2, 0) is 19.6 Å². The van der Waals surface area contributed by atoms with Gasteiger partial charge in [-0.05, 0) is 19.9 Å². The van der Waals surface area contributed by atoms with E-state index in [1.165, 1.54) is 5.69 Å². The van der Waals surface area contributed by atoms with E-state index in [0.717, 1.165) is 31.2 Å².